The second-order valence-electron chi connectivity index (χ2n) is 7.55. The molecule has 2 aromatic rings. The zero-order chi connectivity index (χ0) is 23.7. The normalized spacial score (nSPS) is 16.4. The molecule has 170 valence electrons. The van der Waals surface area contributed by atoms with Crippen LogP contribution in [0.3, 0.4) is 0 Å². The topological polar surface area (TPSA) is 46.2 Å². The second-order valence-corrected chi connectivity index (χ2v) is 7.55. The van der Waals surface area contributed by atoms with Gasteiger partial charge >= 0.3 is 12.4 Å². The van der Waals surface area contributed by atoms with Crippen molar-refractivity contribution in [1.82, 2.24) is 5.32 Å². The van der Waals surface area contributed by atoms with Gasteiger partial charge in [0.1, 0.15) is 0 Å². The maximum atomic E-state index is 13.0. The van der Waals surface area contributed by atoms with Gasteiger partial charge < -0.3 is 5.32 Å². The van der Waals surface area contributed by atoms with Gasteiger partial charge in [0.05, 0.1) is 11.1 Å². The standard InChI is InChI=1S/C23H19F6NO2/c1-2-4-14-7-8-17-18(20(14)31)5-3-6-19(17)21(32)30-12-13-9-15(22(24,25)26)11-16(10-13)23(27,28)29/h2-3,5-6,9-11,14H,1,4,7-8,12H2,(H,30,32). The molecule has 0 spiro atoms. The van der Waals surface area contributed by atoms with Crippen molar-refractivity contribution in [3.63, 3.8) is 0 Å². The summed E-state index contributed by atoms with van der Waals surface area (Å²) in [6, 6.07) is 5.77. The predicted molar refractivity (Wildman–Crippen MR) is 105 cm³/mol. The summed E-state index contributed by atoms with van der Waals surface area (Å²) in [5.41, 5.74) is -2.15. The van der Waals surface area contributed by atoms with E-state index in [0.717, 1.165) is 0 Å². The Balaban J connectivity index is 1.84. The Kier molecular flexibility index (Phi) is 6.48. The van der Waals surface area contributed by atoms with Crippen LogP contribution in [0.1, 0.15) is 55.8 Å². The largest absolute Gasteiger partial charge is 0.416 e. The molecule has 0 heterocycles. The van der Waals surface area contributed by atoms with E-state index >= 15 is 0 Å². The van der Waals surface area contributed by atoms with Crippen molar-refractivity contribution in [2.24, 2.45) is 5.92 Å². The lowest BCUT2D eigenvalue weighted by Crippen LogP contribution is -2.28. The van der Waals surface area contributed by atoms with Crippen LogP contribution in [0.5, 0.6) is 0 Å². The molecule has 1 amide bonds. The number of Topliss-reactive ketones (excluding diaryl/α,β-unsaturated/α-hetero) is 1. The first-order valence-electron chi connectivity index (χ1n) is 9.75. The molecule has 0 aromatic heterocycles. The molecule has 0 aliphatic heterocycles. The molecule has 32 heavy (non-hydrogen) atoms. The summed E-state index contributed by atoms with van der Waals surface area (Å²) in [5, 5.41) is 2.37. The first kappa shape index (κ1) is 23.6. The summed E-state index contributed by atoms with van der Waals surface area (Å²) in [6.45, 7) is 3.09. The molecule has 0 radical (unpaired) electrons. The molecule has 0 fully saturated rings. The Morgan fingerprint density at radius 2 is 1.69 bits per heavy atom. The predicted octanol–water partition coefficient (Wildman–Crippen LogP) is 5.98. The Morgan fingerprint density at radius 1 is 1.06 bits per heavy atom. The number of benzene rings is 2. The highest BCUT2D eigenvalue weighted by Gasteiger charge is 2.37. The van der Waals surface area contributed by atoms with Gasteiger partial charge in [-0.25, -0.2) is 0 Å². The molecule has 3 rings (SSSR count). The van der Waals surface area contributed by atoms with Crippen molar-refractivity contribution in [2.75, 3.05) is 0 Å². The van der Waals surface area contributed by atoms with Crippen molar-refractivity contribution in [3.05, 3.63) is 82.4 Å². The number of allylic oxidation sites excluding steroid dienone is 1. The first-order valence-corrected chi connectivity index (χ1v) is 9.75. The van der Waals surface area contributed by atoms with Gasteiger partial charge in [0.25, 0.3) is 5.91 Å². The summed E-state index contributed by atoms with van der Waals surface area (Å²) < 4.78 is 78.1. The number of fused-ring (bicyclic) bond motifs is 1. The molecule has 0 saturated heterocycles. The van der Waals surface area contributed by atoms with E-state index in [1.165, 1.54) is 12.1 Å². The minimum absolute atomic E-state index is 0.0319. The summed E-state index contributed by atoms with van der Waals surface area (Å²) in [5.74, 6) is -1.03. The molecule has 0 bridgehead atoms. The average Bonchev–Trinajstić information content (AvgIpc) is 2.72. The number of hydrogen-bond acceptors (Lipinski definition) is 2. The molecule has 1 atom stereocenters. The summed E-state index contributed by atoms with van der Waals surface area (Å²) in [6.07, 6.45) is -6.82. The maximum Gasteiger partial charge on any atom is 0.416 e. The van der Waals surface area contributed by atoms with Gasteiger partial charge in [-0.2, -0.15) is 26.3 Å². The van der Waals surface area contributed by atoms with Gasteiger partial charge in [0.15, 0.2) is 5.78 Å². The van der Waals surface area contributed by atoms with Crippen molar-refractivity contribution >= 4 is 11.7 Å². The monoisotopic (exact) mass is 455 g/mol. The Hall–Kier alpha value is -3.10. The number of nitrogens with one attached hydrogen (secondary N) is 1. The number of ketones is 1. The number of amides is 1. The summed E-state index contributed by atoms with van der Waals surface area (Å²) >= 11 is 0. The molecule has 1 aliphatic carbocycles. The summed E-state index contributed by atoms with van der Waals surface area (Å²) in [4.78, 5) is 25.3. The molecule has 1 aliphatic rings. The van der Waals surface area contributed by atoms with Crippen LogP contribution >= 0.6 is 0 Å². The Labute approximate surface area is 180 Å². The molecule has 0 saturated carbocycles. The molecule has 9 heteroatoms. The van der Waals surface area contributed by atoms with Crippen LogP contribution in [0.2, 0.25) is 0 Å². The lowest BCUT2D eigenvalue weighted by molar-refractivity contribution is -0.143. The van der Waals surface area contributed by atoms with Gasteiger partial charge in [0, 0.05) is 23.6 Å². The van der Waals surface area contributed by atoms with Crippen LogP contribution in [-0.2, 0) is 25.3 Å². The number of carbonyl (C=O) groups excluding carboxylic acids is 2. The number of halogens is 6. The van der Waals surface area contributed by atoms with Crippen molar-refractivity contribution in [3.8, 4) is 0 Å². The SMILES string of the molecule is C=CCC1CCc2c(C(=O)NCc3cc(C(F)(F)F)cc(C(F)(F)F)c3)cccc2C1=O. The van der Waals surface area contributed by atoms with Crippen molar-refractivity contribution < 1.29 is 35.9 Å². The van der Waals surface area contributed by atoms with Crippen LogP contribution in [-0.4, -0.2) is 11.7 Å². The van der Waals surface area contributed by atoms with Crippen LogP contribution in [0.25, 0.3) is 0 Å². The van der Waals surface area contributed by atoms with E-state index in [4.69, 9.17) is 0 Å². The molecular weight excluding hydrogens is 436 g/mol. The van der Waals surface area contributed by atoms with Crippen LogP contribution in [0.15, 0.2) is 49.1 Å². The van der Waals surface area contributed by atoms with E-state index in [1.54, 1.807) is 12.1 Å². The second kappa shape index (κ2) is 8.80. The Bertz CT molecular complexity index is 1020. The van der Waals surface area contributed by atoms with Gasteiger partial charge in [-0.15, -0.1) is 6.58 Å². The smallest absolute Gasteiger partial charge is 0.348 e. The zero-order valence-corrected chi connectivity index (χ0v) is 16.7. The third kappa shape index (κ3) is 5.03. The highest BCUT2D eigenvalue weighted by atomic mass is 19.4. The lowest BCUT2D eigenvalue weighted by atomic mass is 9.79. The van der Waals surface area contributed by atoms with E-state index in [1.807, 2.05) is 0 Å². The van der Waals surface area contributed by atoms with Gasteiger partial charge in [-0.3, -0.25) is 9.59 Å². The van der Waals surface area contributed by atoms with E-state index in [0.29, 0.717) is 42.5 Å². The van der Waals surface area contributed by atoms with Crippen LogP contribution < -0.4 is 5.32 Å². The maximum absolute atomic E-state index is 13.0. The molecular formula is C23H19F6NO2. The third-order valence-electron chi connectivity index (χ3n) is 5.35. The van der Waals surface area contributed by atoms with Crippen LogP contribution in [0.4, 0.5) is 26.3 Å². The minimum Gasteiger partial charge on any atom is -0.348 e. The fraction of sp³-hybridized carbons (Fsp3) is 0.304. The average molecular weight is 455 g/mol. The van der Waals surface area contributed by atoms with Gasteiger partial charge in [-0.05, 0) is 54.7 Å². The number of carbonyl (C=O) groups is 2. The number of alkyl halides is 6. The zero-order valence-electron chi connectivity index (χ0n) is 16.7. The molecule has 2 aromatic carbocycles. The molecule has 3 nitrogen and oxygen atoms in total. The Morgan fingerprint density at radius 3 is 2.25 bits per heavy atom. The first-order chi connectivity index (χ1) is 14.9. The highest BCUT2D eigenvalue weighted by Crippen LogP contribution is 2.36. The fourth-order valence-corrected chi connectivity index (χ4v) is 3.79. The number of rotatable bonds is 5. The van der Waals surface area contributed by atoms with Gasteiger partial charge in [-0.1, -0.05) is 18.2 Å². The molecule has 1 N–H and O–H groups in total. The lowest BCUT2D eigenvalue weighted by Gasteiger charge is -2.24. The van der Waals surface area contributed by atoms with Gasteiger partial charge in [0.2, 0.25) is 0 Å². The molecule has 1 unspecified atom stereocenters. The third-order valence-corrected chi connectivity index (χ3v) is 5.35. The highest BCUT2D eigenvalue weighted by molar-refractivity contribution is 6.04. The fourth-order valence-electron chi connectivity index (χ4n) is 3.79. The van der Waals surface area contributed by atoms with Crippen molar-refractivity contribution in [2.45, 2.75) is 38.2 Å². The number of hydrogen-bond donors (Lipinski definition) is 1. The summed E-state index contributed by atoms with van der Waals surface area (Å²) in [7, 11) is 0. The van der Waals surface area contributed by atoms with Crippen molar-refractivity contribution in [1.29, 1.82) is 0 Å². The van der Waals surface area contributed by atoms with E-state index in [2.05, 4.69) is 11.9 Å². The van der Waals surface area contributed by atoms with Crippen LogP contribution in [0, 0.1) is 5.92 Å². The van der Waals surface area contributed by atoms with E-state index < -0.39 is 35.9 Å². The quantitative estimate of drug-likeness (QED) is 0.446. The van der Waals surface area contributed by atoms with E-state index in [-0.39, 0.29) is 28.9 Å². The minimum atomic E-state index is -4.97. The van der Waals surface area contributed by atoms with E-state index in [9.17, 15) is 35.9 Å².